The molecule has 0 aromatic heterocycles. The van der Waals surface area contributed by atoms with Gasteiger partial charge in [-0.05, 0) is 36.6 Å². The fourth-order valence-corrected chi connectivity index (χ4v) is 2.87. The van der Waals surface area contributed by atoms with Crippen LogP contribution in [0, 0.1) is 5.92 Å². The van der Waals surface area contributed by atoms with Crippen LogP contribution >= 0.6 is 0 Å². The van der Waals surface area contributed by atoms with Crippen LogP contribution in [0.15, 0.2) is 18.2 Å². The Hall–Kier alpha value is -1.26. The molecule has 1 atom stereocenters. The van der Waals surface area contributed by atoms with E-state index in [2.05, 4.69) is 19.1 Å². The van der Waals surface area contributed by atoms with Gasteiger partial charge in [0, 0.05) is 5.41 Å². The van der Waals surface area contributed by atoms with E-state index in [4.69, 9.17) is 19.9 Å². The minimum Gasteiger partial charge on any atom is -0.486 e. The summed E-state index contributed by atoms with van der Waals surface area (Å²) >= 11 is 0. The second-order valence-electron chi connectivity index (χ2n) is 5.68. The summed E-state index contributed by atoms with van der Waals surface area (Å²) in [6, 6.07) is 6.26. The highest BCUT2D eigenvalue weighted by Gasteiger charge is 2.41. The van der Waals surface area contributed by atoms with Gasteiger partial charge in [-0.15, -0.1) is 0 Å². The van der Waals surface area contributed by atoms with Crippen LogP contribution in [0.4, 0.5) is 0 Å². The van der Waals surface area contributed by atoms with Crippen LogP contribution in [0.2, 0.25) is 0 Å². The number of benzene rings is 1. The normalized spacial score (nSPS) is 21.6. The third-order valence-corrected chi connectivity index (χ3v) is 4.05. The van der Waals surface area contributed by atoms with Crippen molar-refractivity contribution in [3.05, 3.63) is 23.8 Å². The molecule has 1 unspecified atom stereocenters. The van der Waals surface area contributed by atoms with Crippen LogP contribution in [-0.2, 0) is 10.2 Å². The molecule has 2 aliphatic rings. The minimum absolute atomic E-state index is 0.106. The second kappa shape index (κ2) is 5.02. The molecule has 2 aliphatic heterocycles. The largest absolute Gasteiger partial charge is 0.486 e. The van der Waals surface area contributed by atoms with E-state index < -0.39 is 0 Å². The Morgan fingerprint density at radius 2 is 1.95 bits per heavy atom. The molecule has 0 amide bonds. The molecule has 0 spiro atoms. The van der Waals surface area contributed by atoms with Gasteiger partial charge in [0.2, 0.25) is 0 Å². The molecule has 0 aliphatic carbocycles. The summed E-state index contributed by atoms with van der Waals surface area (Å²) in [5.41, 5.74) is 7.15. The van der Waals surface area contributed by atoms with Gasteiger partial charge in [0.25, 0.3) is 0 Å². The monoisotopic (exact) mass is 263 g/mol. The van der Waals surface area contributed by atoms with Crippen LogP contribution in [0.5, 0.6) is 11.5 Å². The first-order valence-corrected chi connectivity index (χ1v) is 6.91. The summed E-state index contributed by atoms with van der Waals surface area (Å²) in [4.78, 5) is 0. The summed E-state index contributed by atoms with van der Waals surface area (Å²) < 4.78 is 16.7. The lowest BCUT2D eigenvalue weighted by molar-refractivity contribution is -0.0703. The Morgan fingerprint density at radius 1 is 1.21 bits per heavy atom. The molecule has 104 valence electrons. The lowest BCUT2D eigenvalue weighted by Crippen LogP contribution is -2.48. The van der Waals surface area contributed by atoms with Crippen molar-refractivity contribution < 1.29 is 14.2 Å². The number of fused-ring (bicyclic) bond motifs is 1. The smallest absolute Gasteiger partial charge is 0.161 e. The molecule has 0 bridgehead atoms. The van der Waals surface area contributed by atoms with Crippen molar-refractivity contribution in [2.24, 2.45) is 11.7 Å². The van der Waals surface area contributed by atoms with Gasteiger partial charge < -0.3 is 19.9 Å². The predicted molar refractivity (Wildman–Crippen MR) is 72.8 cm³/mol. The number of rotatable bonds is 4. The van der Waals surface area contributed by atoms with Gasteiger partial charge in [-0.25, -0.2) is 0 Å². The molecule has 1 fully saturated rings. The highest BCUT2D eigenvalue weighted by Crippen LogP contribution is 2.42. The standard InChI is InChI=1S/C15H21NO3/c1-11(8-16)7-15(9-17-10-15)12-2-3-13-14(6-12)19-5-4-18-13/h2-3,6,11H,4-5,7-10,16H2,1H3. The first kappa shape index (κ1) is 12.8. The van der Waals surface area contributed by atoms with Crippen molar-refractivity contribution in [3.63, 3.8) is 0 Å². The average Bonchev–Trinajstić information content (AvgIpc) is 2.42. The third-order valence-electron chi connectivity index (χ3n) is 4.05. The lowest BCUT2D eigenvalue weighted by atomic mass is 9.72. The molecule has 1 saturated heterocycles. The Balaban J connectivity index is 1.87. The van der Waals surface area contributed by atoms with E-state index in [0.717, 1.165) is 31.1 Å². The third kappa shape index (κ3) is 2.30. The van der Waals surface area contributed by atoms with Crippen molar-refractivity contribution in [1.82, 2.24) is 0 Å². The van der Waals surface area contributed by atoms with Gasteiger partial charge >= 0.3 is 0 Å². The molecule has 3 rings (SSSR count). The van der Waals surface area contributed by atoms with Gasteiger partial charge in [-0.2, -0.15) is 0 Å². The lowest BCUT2D eigenvalue weighted by Gasteiger charge is -2.44. The van der Waals surface area contributed by atoms with Crippen molar-refractivity contribution >= 4 is 0 Å². The molecule has 1 aromatic carbocycles. The zero-order valence-corrected chi connectivity index (χ0v) is 11.4. The zero-order chi connectivity index (χ0) is 13.3. The van der Waals surface area contributed by atoms with E-state index in [1.807, 2.05) is 6.07 Å². The zero-order valence-electron chi connectivity index (χ0n) is 11.4. The maximum atomic E-state index is 5.76. The maximum absolute atomic E-state index is 5.76. The van der Waals surface area contributed by atoms with E-state index >= 15 is 0 Å². The van der Waals surface area contributed by atoms with Crippen molar-refractivity contribution in [1.29, 1.82) is 0 Å². The van der Waals surface area contributed by atoms with Gasteiger partial charge in [0.05, 0.1) is 13.2 Å². The maximum Gasteiger partial charge on any atom is 0.161 e. The molecule has 0 saturated carbocycles. The fourth-order valence-electron chi connectivity index (χ4n) is 2.87. The average molecular weight is 263 g/mol. The second-order valence-corrected chi connectivity index (χ2v) is 5.68. The molecule has 2 N–H and O–H groups in total. The summed E-state index contributed by atoms with van der Waals surface area (Å²) in [7, 11) is 0. The molecule has 19 heavy (non-hydrogen) atoms. The van der Waals surface area contributed by atoms with Crippen LogP contribution in [0.25, 0.3) is 0 Å². The van der Waals surface area contributed by atoms with E-state index in [9.17, 15) is 0 Å². The van der Waals surface area contributed by atoms with Crippen LogP contribution in [0.3, 0.4) is 0 Å². The molecular weight excluding hydrogens is 242 g/mol. The minimum atomic E-state index is 0.106. The van der Waals surface area contributed by atoms with E-state index in [1.54, 1.807) is 0 Å². The topological polar surface area (TPSA) is 53.7 Å². The van der Waals surface area contributed by atoms with E-state index in [0.29, 0.717) is 25.7 Å². The van der Waals surface area contributed by atoms with Gasteiger partial charge in [-0.1, -0.05) is 13.0 Å². The first-order valence-electron chi connectivity index (χ1n) is 6.91. The Bertz CT molecular complexity index is 457. The van der Waals surface area contributed by atoms with Gasteiger partial charge in [0.15, 0.2) is 11.5 Å². The number of hydrogen-bond donors (Lipinski definition) is 1. The first-order chi connectivity index (χ1) is 9.23. The van der Waals surface area contributed by atoms with Gasteiger partial charge in [0.1, 0.15) is 13.2 Å². The molecular formula is C15H21NO3. The highest BCUT2D eigenvalue weighted by atomic mass is 16.6. The molecule has 1 aromatic rings. The number of hydrogen-bond acceptors (Lipinski definition) is 4. The molecule has 2 heterocycles. The summed E-state index contributed by atoms with van der Waals surface area (Å²) in [6.07, 6.45) is 1.06. The quantitative estimate of drug-likeness (QED) is 0.898. The number of ether oxygens (including phenoxy) is 3. The molecule has 0 radical (unpaired) electrons. The summed E-state index contributed by atoms with van der Waals surface area (Å²) in [5, 5.41) is 0. The molecule has 4 heteroatoms. The van der Waals surface area contributed by atoms with Gasteiger partial charge in [-0.3, -0.25) is 0 Å². The van der Waals surface area contributed by atoms with Crippen LogP contribution in [0.1, 0.15) is 18.9 Å². The Kier molecular flexibility index (Phi) is 3.37. The van der Waals surface area contributed by atoms with Crippen LogP contribution < -0.4 is 15.2 Å². The van der Waals surface area contributed by atoms with E-state index in [-0.39, 0.29) is 5.41 Å². The van der Waals surface area contributed by atoms with Crippen molar-refractivity contribution in [2.45, 2.75) is 18.8 Å². The Labute approximate surface area is 113 Å². The number of nitrogens with two attached hydrogens (primary N) is 1. The SMILES string of the molecule is CC(CN)CC1(c2ccc3c(c2)OCCO3)COC1. The van der Waals surface area contributed by atoms with E-state index in [1.165, 1.54) is 5.56 Å². The van der Waals surface area contributed by atoms with Crippen molar-refractivity contribution in [3.8, 4) is 11.5 Å². The molecule has 4 nitrogen and oxygen atoms in total. The summed E-state index contributed by atoms with van der Waals surface area (Å²) in [5.74, 6) is 2.20. The predicted octanol–water partition coefficient (Wildman–Crippen LogP) is 1.71. The van der Waals surface area contributed by atoms with Crippen LogP contribution in [-0.4, -0.2) is 33.0 Å². The summed E-state index contributed by atoms with van der Waals surface area (Å²) in [6.45, 7) is 5.71. The van der Waals surface area contributed by atoms with Crippen molar-refractivity contribution in [2.75, 3.05) is 33.0 Å². The fraction of sp³-hybridized carbons (Fsp3) is 0.600. The highest BCUT2D eigenvalue weighted by molar-refractivity contribution is 5.46. The Morgan fingerprint density at radius 3 is 2.58 bits per heavy atom.